The Labute approximate surface area is 129 Å². The van der Waals surface area contributed by atoms with Crippen LogP contribution >= 0.6 is 11.3 Å². The average molecular weight is 288 g/mol. The van der Waals surface area contributed by atoms with Gasteiger partial charge in [0.15, 0.2) is 0 Å². The molecule has 1 aliphatic rings. The third-order valence-electron chi connectivity index (χ3n) is 4.24. The standard InChI is InChI=1S/C20H16S/c1-2-6-16-17-10-4-8-14-7-3-9-15(20(14)17)13-18(16)19-11-5-12-21-19/h2-5,7-13,16H,1,6H2. The first-order valence-electron chi connectivity index (χ1n) is 7.26. The maximum absolute atomic E-state index is 3.97. The molecule has 1 heteroatoms. The summed E-state index contributed by atoms with van der Waals surface area (Å²) < 4.78 is 0. The van der Waals surface area contributed by atoms with E-state index in [0.29, 0.717) is 5.92 Å². The molecule has 0 aliphatic heterocycles. The fraction of sp³-hybridized carbons (Fsp3) is 0.100. The van der Waals surface area contributed by atoms with Crippen LogP contribution in [0.25, 0.3) is 22.4 Å². The predicted octanol–water partition coefficient (Wildman–Crippen LogP) is 6.12. The molecule has 0 amide bonds. The highest BCUT2D eigenvalue weighted by Crippen LogP contribution is 2.45. The molecule has 2 aromatic carbocycles. The Morgan fingerprint density at radius 1 is 1.05 bits per heavy atom. The number of benzene rings is 2. The topological polar surface area (TPSA) is 0 Å². The Morgan fingerprint density at radius 2 is 1.90 bits per heavy atom. The number of thiophene rings is 1. The summed E-state index contributed by atoms with van der Waals surface area (Å²) in [5, 5.41) is 4.90. The van der Waals surface area contributed by atoms with Crippen molar-refractivity contribution in [3.05, 3.63) is 82.6 Å². The molecule has 0 nitrogen and oxygen atoms in total. The van der Waals surface area contributed by atoms with Gasteiger partial charge in [0.2, 0.25) is 0 Å². The van der Waals surface area contributed by atoms with Gasteiger partial charge in [-0.15, -0.1) is 17.9 Å². The van der Waals surface area contributed by atoms with E-state index < -0.39 is 0 Å². The lowest BCUT2D eigenvalue weighted by atomic mass is 9.78. The normalized spacial score (nSPS) is 16.8. The zero-order valence-corrected chi connectivity index (χ0v) is 12.6. The van der Waals surface area contributed by atoms with Crippen LogP contribution in [-0.4, -0.2) is 0 Å². The molecule has 102 valence electrons. The highest BCUT2D eigenvalue weighted by molar-refractivity contribution is 7.11. The van der Waals surface area contributed by atoms with Crippen molar-refractivity contribution in [2.75, 3.05) is 0 Å². The van der Waals surface area contributed by atoms with E-state index in [1.807, 2.05) is 17.4 Å². The van der Waals surface area contributed by atoms with Gasteiger partial charge in [0, 0.05) is 10.8 Å². The molecule has 1 atom stereocenters. The molecule has 3 aromatic rings. The van der Waals surface area contributed by atoms with Gasteiger partial charge in [-0.1, -0.05) is 48.5 Å². The van der Waals surface area contributed by atoms with Crippen LogP contribution in [0, 0.1) is 0 Å². The molecule has 21 heavy (non-hydrogen) atoms. The molecular weight excluding hydrogens is 272 g/mol. The van der Waals surface area contributed by atoms with Crippen molar-refractivity contribution in [3.63, 3.8) is 0 Å². The Kier molecular flexibility index (Phi) is 3.01. The molecular formula is C20H16S. The molecule has 1 heterocycles. The van der Waals surface area contributed by atoms with Crippen LogP contribution in [0.4, 0.5) is 0 Å². The van der Waals surface area contributed by atoms with Gasteiger partial charge in [0.05, 0.1) is 0 Å². The summed E-state index contributed by atoms with van der Waals surface area (Å²) in [4.78, 5) is 1.37. The maximum Gasteiger partial charge on any atom is 0.0308 e. The number of hydrogen-bond acceptors (Lipinski definition) is 1. The molecule has 0 saturated carbocycles. The minimum Gasteiger partial charge on any atom is -0.144 e. The van der Waals surface area contributed by atoms with Gasteiger partial charge in [0.25, 0.3) is 0 Å². The highest BCUT2D eigenvalue weighted by atomic mass is 32.1. The van der Waals surface area contributed by atoms with E-state index in [-0.39, 0.29) is 0 Å². The lowest BCUT2D eigenvalue weighted by molar-refractivity contribution is 0.895. The van der Waals surface area contributed by atoms with E-state index in [2.05, 4.69) is 66.6 Å². The summed E-state index contributed by atoms with van der Waals surface area (Å²) in [5.41, 5.74) is 4.21. The molecule has 0 spiro atoms. The van der Waals surface area contributed by atoms with Gasteiger partial charge in [0.1, 0.15) is 0 Å². The smallest absolute Gasteiger partial charge is 0.0308 e. The quantitative estimate of drug-likeness (QED) is 0.510. The van der Waals surface area contributed by atoms with Crippen LogP contribution in [0.1, 0.15) is 28.3 Å². The van der Waals surface area contributed by atoms with Crippen LogP contribution in [0.5, 0.6) is 0 Å². The minimum absolute atomic E-state index is 0.416. The Balaban J connectivity index is 2.03. The zero-order chi connectivity index (χ0) is 14.2. The van der Waals surface area contributed by atoms with Gasteiger partial charge in [-0.2, -0.15) is 0 Å². The second-order valence-electron chi connectivity index (χ2n) is 5.45. The molecule has 0 N–H and O–H groups in total. The van der Waals surface area contributed by atoms with Crippen LogP contribution < -0.4 is 0 Å². The Morgan fingerprint density at radius 3 is 2.67 bits per heavy atom. The number of hydrogen-bond donors (Lipinski definition) is 0. The zero-order valence-electron chi connectivity index (χ0n) is 11.8. The number of rotatable bonds is 3. The summed E-state index contributed by atoms with van der Waals surface area (Å²) in [6.45, 7) is 3.97. The second-order valence-corrected chi connectivity index (χ2v) is 6.39. The first-order chi connectivity index (χ1) is 10.4. The molecule has 0 bridgehead atoms. The third kappa shape index (κ3) is 1.97. The highest BCUT2D eigenvalue weighted by Gasteiger charge is 2.24. The molecule has 0 radical (unpaired) electrons. The van der Waals surface area contributed by atoms with E-state index in [1.165, 1.54) is 32.3 Å². The van der Waals surface area contributed by atoms with Crippen molar-refractivity contribution >= 4 is 33.8 Å². The van der Waals surface area contributed by atoms with Gasteiger partial charge in [-0.05, 0) is 51.4 Å². The first-order valence-corrected chi connectivity index (χ1v) is 8.14. The van der Waals surface area contributed by atoms with E-state index >= 15 is 0 Å². The molecule has 4 rings (SSSR count). The van der Waals surface area contributed by atoms with Crippen LogP contribution in [0.3, 0.4) is 0 Å². The molecule has 1 unspecified atom stereocenters. The van der Waals surface area contributed by atoms with Gasteiger partial charge >= 0.3 is 0 Å². The molecule has 1 aliphatic carbocycles. The van der Waals surface area contributed by atoms with Gasteiger partial charge < -0.3 is 0 Å². The summed E-state index contributed by atoms with van der Waals surface area (Å²) in [6, 6.07) is 17.6. The lowest BCUT2D eigenvalue weighted by Crippen LogP contribution is -2.06. The first kappa shape index (κ1) is 12.6. The summed E-state index contributed by atoms with van der Waals surface area (Å²) in [7, 11) is 0. The van der Waals surface area contributed by atoms with Crippen LogP contribution in [-0.2, 0) is 0 Å². The van der Waals surface area contributed by atoms with Crippen molar-refractivity contribution in [2.24, 2.45) is 0 Å². The van der Waals surface area contributed by atoms with Crippen molar-refractivity contribution in [2.45, 2.75) is 12.3 Å². The van der Waals surface area contributed by atoms with Gasteiger partial charge in [-0.3, -0.25) is 0 Å². The van der Waals surface area contributed by atoms with Crippen LogP contribution in [0.2, 0.25) is 0 Å². The summed E-state index contributed by atoms with van der Waals surface area (Å²) >= 11 is 1.82. The van der Waals surface area contributed by atoms with E-state index in [9.17, 15) is 0 Å². The maximum atomic E-state index is 3.97. The second kappa shape index (κ2) is 5.01. The fourth-order valence-electron chi connectivity index (χ4n) is 3.35. The van der Waals surface area contributed by atoms with E-state index in [1.54, 1.807) is 0 Å². The third-order valence-corrected chi connectivity index (χ3v) is 5.16. The van der Waals surface area contributed by atoms with Crippen LogP contribution in [0.15, 0.2) is 66.6 Å². The number of allylic oxidation sites excluding steroid dienone is 2. The van der Waals surface area contributed by atoms with Crippen molar-refractivity contribution in [1.29, 1.82) is 0 Å². The monoisotopic (exact) mass is 288 g/mol. The summed E-state index contributed by atoms with van der Waals surface area (Å²) in [5.74, 6) is 0.416. The Bertz CT molecular complexity index is 832. The summed E-state index contributed by atoms with van der Waals surface area (Å²) in [6.07, 6.45) is 5.39. The minimum atomic E-state index is 0.416. The average Bonchev–Trinajstić information content (AvgIpc) is 3.04. The lowest BCUT2D eigenvalue weighted by Gasteiger charge is -2.26. The van der Waals surface area contributed by atoms with Crippen molar-refractivity contribution in [3.8, 4) is 0 Å². The largest absolute Gasteiger partial charge is 0.144 e. The van der Waals surface area contributed by atoms with E-state index in [4.69, 9.17) is 0 Å². The SMILES string of the molecule is C=CCC1C(c2cccs2)=Cc2cccc3cccc1c23. The van der Waals surface area contributed by atoms with Crippen molar-refractivity contribution < 1.29 is 0 Å². The predicted molar refractivity (Wildman–Crippen MR) is 93.7 cm³/mol. The Hall–Kier alpha value is -2.12. The van der Waals surface area contributed by atoms with Gasteiger partial charge in [-0.25, -0.2) is 0 Å². The molecule has 1 aromatic heterocycles. The van der Waals surface area contributed by atoms with Crippen molar-refractivity contribution in [1.82, 2.24) is 0 Å². The fourth-order valence-corrected chi connectivity index (χ4v) is 4.15. The molecule has 0 fully saturated rings. The molecule has 0 saturated heterocycles. The van der Waals surface area contributed by atoms with E-state index in [0.717, 1.165) is 6.42 Å².